The number of rotatable bonds is 0. The van der Waals surface area contributed by atoms with Crippen LogP contribution in [0.1, 0.15) is 46.5 Å². The average Bonchev–Trinajstić information content (AvgIpc) is 2.59. The zero-order valence-electron chi connectivity index (χ0n) is 11.7. The largest absolute Gasteiger partial charge is 0.350 e. The Morgan fingerprint density at radius 2 is 1.89 bits per heavy atom. The molecule has 1 heterocycles. The van der Waals surface area contributed by atoms with E-state index in [2.05, 4.69) is 6.92 Å². The number of Topliss-reactive ketones (excluding diaryl/α,β-unsaturated/α-hetero) is 1. The van der Waals surface area contributed by atoms with E-state index in [0.29, 0.717) is 17.6 Å². The van der Waals surface area contributed by atoms with Crippen molar-refractivity contribution in [2.45, 2.75) is 52.2 Å². The number of hydrogen-bond donors (Lipinski definition) is 0. The summed E-state index contributed by atoms with van der Waals surface area (Å²) < 4.78 is 11.8. The number of fused-ring (bicyclic) bond motifs is 2. The normalized spacial score (nSPS) is 41.9. The summed E-state index contributed by atoms with van der Waals surface area (Å²) in [4.78, 5) is 12.2. The zero-order chi connectivity index (χ0) is 13.0. The number of ether oxygens (including phenoxy) is 2. The molecule has 0 unspecified atom stereocenters. The highest BCUT2D eigenvalue weighted by Crippen LogP contribution is 2.56. The average molecular weight is 252 g/mol. The number of hydrogen-bond acceptors (Lipinski definition) is 3. The summed E-state index contributed by atoms with van der Waals surface area (Å²) in [5.41, 5.74) is 0.107. The first-order chi connectivity index (χ1) is 8.44. The van der Waals surface area contributed by atoms with Crippen molar-refractivity contribution >= 4 is 5.78 Å². The predicted octanol–water partition coefficient (Wildman–Crippen LogP) is 2.78. The van der Waals surface area contributed by atoms with Gasteiger partial charge in [-0.3, -0.25) is 4.79 Å². The maximum Gasteiger partial charge on any atom is 0.162 e. The van der Waals surface area contributed by atoms with Crippen molar-refractivity contribution in [3.63, 3.8) is 0 Å². The standard InChI is InChI=1S/C15H24O3/c1-10-7-15(8-17-14(2,3)18-9-15)11-5-4-6-12(16)13(10)11/h10-11,13H,4-9H2,1-3H3/t10-,11-,13+/m0/s1. The van der Waals surface area contributed by atoms with E-state index in [0.717, 1.165) is 32.5 Å². The third-order valence-corrected chi connectivity index (χ3v) is 5.29. The van der Waals surface area contributed by atoms with Crippen LogP contribution in [0, 0.1) is 23.2 Å². The molecule has 1 spiro atoms. The lowest BCUT2D eigenvalue weighted by molar-refractivity contribution is -0.292. The molecule has 3 nitrogen and oxygen atoms in total. The van der Waals surface area contributed by atoms with Gasteiger partial charge in [0.25, 0.3) is 0 Å². The Balaban J connectivity index is 1.84. The van der Waals surface area contributed by atoms with E-state index in [1.807, 2.05) is 13.8 Å². The molecule has 0 aromatic rings. The molecule has 0 aromatic heterocycles. The Morgan fingerprint density at radius 1 is 1.22 bits per heavy atom. The molecule has 3 aliphatic rings. The van der Waals surface area contributed by atoms with Gasteiger partial charge in [0.2, 0.25) is 0 Å². The van der Waals surface area contributed by atoms with Crippen molar-refractivity contribution < 1.29 is 14.3 Å². The van der Waals surface area contributed by atoms with E-state index < -0.39 is 5.79 Å². The van der Waals surface area contributed by atoms with Gasteiger partial charge in [-0.1, -0.05) is 6.92 Å². The number of carbonyl (C=O) groups excluding carboxylic acids is 1. The molecule has 3 heteroatoms. The highest BCUT2D eigenvalue weighted by Gasteiger charge is 2.57. The molecular weight excluding hydrogens is 228 g/mol. The Bertz CT molecular complexity index is 351. The first kappa shape index (κ1) is 12.6. The Labute approximate surface area is 109 Å². The number of carbonyl (C=O) groups is 1. The molecule has 0 radical (unpaired) electrons. The van der Waals surface area contributed by atoms with Gasteiger partial charge in [-0.2, -0.15) is 0 Å². The summed E-state index contributed by atoms with van der Waals surface area (Å²) in [6.45, 7) is 7.70. The van der Waals surface area contributed by atoms with Crippen LogP contribution in [0.2, 0.25) is 0 Å². The minimum atomic E-state index is -0.453. The van der Waals surface area contributed by atoms with Crippen LogP contribution in [0.15, 0.2) is 0 Å². The van der Waals surface area contributed by atoms with Gasteiger partial charge in [-0.25, -0.2) is 0 Å². The van der Waals surface area contributed by atoms with E-state index in [4.69, 9.17) is 9.47 Å². The van der Waals surface area contributed by atoms with E-state index in [1.165, 1.54) is 6.42 Å². The monoisotopic (exact) mass is 252 g/mol. The predicted molar refractivity (Wildman–Crippen MR) is 68.0 cm³/mol. The summed E-state index contributed by atoms with van der Waals surface area (Å²) in [5.74, 6) is 1.29. The highest BCUT2D eigenvalue weighted by atomic mass is 16.7. The van der Waals surface area contributed by atoms with E-state index in [1.54, 1.807) is 0 Å². The maximum absolute atomic E-state index is 12.2. The summed E-state index contributed by atoms with van der Waals surface area (Å²) in [7, 11) is 0. The molecule has 3 atom stereocenters. The van der Waals surface area contributed by atoms with Gasteiger partial charge >= 0.3 is 0 Å². The summed E-state index contributed by atoms with van der Waals surface area (Å²) in [6.07, 6.45) is 4.10. The second-order valence-electron chi connectivity index (χ2n) is 7.01. The molecule has 0 amide bonds. The minimum absolute atomic E-state index is 0.107. The van der Waals surface area contributed by atoms with Gasteiger partial charge in [0.15, 0.2) is 5.79 Å². The fraction of sp³-hybridized carbons (Fsp3) is 0.933. The van der Waals surface area contributed by atoms with Crippen LogP contribution in [0.5, 0.6) is 0 Å². The molecule has 1 saturated heterocycles. The Morgan fingerprint density at radius 3 is 2.56 bits per heavy atom. The van der Waals surface area contributed by atoms with Crippen molar-refractivity contribution in [2.75, 3.05) is 13.2 Å². The third kappa shape index (κ3) is 1.83. The van der Waals surface area contributed by atoms with Gasteiger partial charge in [-0.05, 0) is 44.9 Å². The van der Waals surface area contributed by atoms with E-state index in [-0.39, 0.29) is 11.3 Å². The van der Waals surface area contributed by atoms with Crippen LogP contribution in [-0.2, 0) is 14.3 Å². The molecule has 102 valence electrons. The number of ketones is 1. The molecule has 3 fully saturated rings. The van der Waals surface area contributed by atoms with Gasteiger partial charge in [-0.15, -0.1) is 0 Å². The second-order valence-corrected chi connectivity index (χ2v) is 7.01. The fourth-order valence-electron chi connectivity index (χ4n) is 4.44. The van der Waals surface area contributed by atoms with Crippen molar-refractivity contribution in [2.24, 2.45) is 23.2 Å². The molecular formula is C15H24O3. The van der Waals surface area contributed by atoms with E-state index >= 15 is 0 Å². The zero-order valence-corrected chi connectivity index (χ0v) is 11.7. The SMILES string of the molecule is C[C@H]1CC2(COC(C)(C)OC2)[C@H]2CCCC(=O)[C@H]12. The van der Waals surface area contributed by atoms with Crippen LogP contribution in [0.4, 0.5) is 0 Å². The second kappa shape index (κ2) is 4.04. The van der Waals surface area contributed by atoms with Gasteiger partial charge < -0.3 is 9.47 Å². The Hall–Kier alpha value is -0.410. The van der Waals surface area contributed by atoms with Crippen molar-refractivity contribution in [3.05, 3.63) is 0 Å². The van der Waals surface area contributed by atoms with E-state index in [9.17, 15) is 4.79 Å². The molecule has 3 rings (SSSR count). The fourth-order valence-corrected chi connectivity index (χ4v) is 4.44. The molecule has 0 aromatic carbocycles. The lowest BCUT2D eigenvalue weighted by Crippen LogP contribution is -2.50. The lowest BCUT2D eigenvalue weighted by Gasteiger charge is -2.46. The van der Waals surface area contributed by atoms with Crippen LogP contribution < -0.4 is 0 Å². The third-order valence-electron chi connectivity index (χ3n) is 5.29. The molecule has 2 saturated carbocycles. The first-order valence-corrected chi connectivity index (χ1v) is 7.24. The molecule has 2 aliphatic carbocycles. The van der Waals surface area contributed by atoms with Gasteiger partial charge in [0.1, 0.15) is 5.78 Å². The molecule has 0 N–H and O–H groups in total. The molecule has 1 aliphatic heterocycles. The highest BCUT2D eigenvalue weighted by molar-refractivity contribution is 5.82. The summed E-state index contributed by atoms with van der Waals surface area (Å²) >= 11 is 0. The van der Waals surface area contributed by atoms with Crippen LogP contribution in [0.3, 0.4) is 0 Å². The van der Waals surface area contributed by atoms with Crippen LogP contribution >= 0.6 is 0 Å². The van der Waals surface area contributed by atoms with Crippen LogP contribution in [-0.4, -0.2) is 24.8 Å². The van der Waals surface area contributed by atoms with Gasteiger partial charge in [0.05, 0.1) is 13.2 Å². The first-order valence-electron chi connectivity index (χ1n) is 7.24. The minimum Gasteiger partial charge on any atom is -0.350 e. The van der Waals surface area contributed by atoms with Crippen molar-refractivity contribution in [1.82, 2.24) is 0 Å². The van der Waals surface area contributed by atoms with Crippen LogP contribution in [0.25, 0.3) is 0 Å². The quantitative estimate of drug-likeness (QED) is 0.665. The molecule has 0 bridgehead atoms. The molecule has 18 heavy (non-hydrogen) atoms. The summed E-state index contributed by atoms with van der Waals surface area (Å²) in [5, 5.41) is 0. The maximum atomic E-state index is 12.2. The summed E-state index contributed by atoms with van der Waals surface area (Å²) in [6, 6.07) is 0. The lowest BCUT2D eigenvalue weighted by atomic mass is 9.69. The topological polar surface area (TPSA) is 35.5 Å². The van der Waals surface area contributed by atoms with Gasteiger partial charge in [0, 0.05) is 17.8 Å². The van der Waals surface area contributed by atoms with Crippen molar-refractivity contribution in [3.8, 4) is 0 Å². The smallest absolute Gasteiger partial charge is 0.162 e. The van der Waals surface area contributed by atoms with Crippen molar-refractivity contribution in [1.29, 1.82) is 0 Å². The Kier molecular flexibility index (Phi) is 2.83.